The molecule has 6 nitrogen and oxygen atoms in total. The molecule has 2 amide bonds. The van der Waals surface area contributed by atoms with Crippen molar-refractivity contribution in [2.24, 2.45) is 0 Å². The maximum absolute atomic E-state index is 12.4. The van der Waals surface area contributed by atoms with Gasteiger partial charge in [-0.15, -0.1) is 0 Å². The second kappa shape index (κ2) is 6.66. The molecule has 2 heterocycles. The van der Waals surface area contributed by atoms with Gasteiger partial charge in [-0.1, -0.05) is 11.6 Å². The van der Waals surface area contributed by atoms with Crippen molar-refractivity contribution in [1.29, 1.82) is 0 Å². The number of carbonyl (C=O) groups is 2. The topological polar surface area (TPSA) is 59.1 Å². The van der Waals surface area contributed by atoms with E-state index < -0.39 is 0 Å². The molecular formula is C16H19ClN2O4. The first-order chi connectivity index (χ1) is 11.0. The number of fused-ring (bicyclic) bond motifs is 1. The van der Waals surface area contributed by atoms with E-state index >= 15 is 0 Å². The number of hydrogen-bond acceptors (Lipinski definition) is 4. The van der Waals surface area contributed by atoms with Crippen LogP contribution in [0.4, 0.5) is 0 Å². The summed E-state index contributed by atoms with van der Waals surface area (Å²) in [6.07, 6.45) is 0.260. The van der Waals surface area contributed by atoms with Crippen molar-refractivity contribution in [2.75, 3.05) is 39.4 Å². The number of amides is 2. The van der Waals surface area contributed by atoms with Gasteiger partial charge < -0.3 is 19.3 Å². The third-order valence-corrected chi connectivity index (χ3v) is 4.37. The van der Waals surface area contributed by atoms with E-state index in [0.29, 0.717) is 55.9 Å². The van der Waals surface area contributed by atoms with Crippen LogP contribution in [0.15, 0.2) is 12.1 Å². The van der Waals surface area contributed by atoms with Crippen molar-refractivity contribution in [3.63, 3.8) is 0 Å². The number of rotatable bonds is 2. The van der Waals surface area contributed by atoms with Crippen LogP contribution in [0.3, 0.4) is 0 Å². The first kappa shape index (κ1) is 15.9. The lowest BCUT2D eigenvalue weighted by molar-refractivity contribution is -0.138. The Morgan fingerprint density at radius 2 is 1.74 bits per heavy atom. The Hall–Kier alpha value is -1.95. The highest BCUT2D eigenvalue weighted by molar-refractivity contribution is 6.32. The lowest BCUT2D eigenvalue weighted by Gasteiger charge is -2.34. The van der Waals surface area contributed by atoms with Gasteiger partial charge in [0, 0.05) is 33.1 Å². The molecule has 124 valence electrons. The molecule has 3 rings (SSSR count). The van der Waals surface area contributed by atoms with Crippen LogP contribution < -0.4 is 9.47 Å². The van der Waals surface area contributed by atoms with E-state index in [1.165, 1.54) is 0 Å². The van der Waals surface area contributed by atoms with E-state index in [1.54, 1.807) is 22.8 Å². The van der Waals surface area contributed by atoms with Gasteiger partial charge in [0.1, 0.15) is 13.2 Å². The van der Waals surface area contributed by atoms with Gasteiger partial charge in [-0.2, -0.15) is 0 Å². The van der Waals surface area contributed by atoms with Crippen LogP contribution in [-0.4, -0.2) is 61.0 Å². The lowest BCUT2D eigenvalue weighted by atomic mass is 10.1. The summed E-state index contributed by atoms with van der Waals surface area (Å²) in [7, 11) is 0. The Balaban J connectivity index is 1.64. The van der Waals surface area contributed by atoms with Gasteiger partial charge in [0.2, 0.25) is 11.8 Å². The van der Waals surface area contributed by atoms with E-state index in [-0.39, 0.29) is 18.2 Å². The SMILES string of the molecule is CC(=O)N1CCN(C(=O)Cc2cc(Cl)c3c(c2)OCCO3)CC1. The first-order valence-electron chi connectivity index (χ1n) is 7.66. The average molecular weight is 339 g/mol. The Morgan fingerprint density at radius 3 is 2.43 bits per heavy atom. The Bertz CT molecular complexity index is 627. The molecule has 0 saturated carbocycles. The van der Waals surface area contributed by atoms with Crippen LogP contribution in [0.5, 0.6) is 11.5 Å². The molecule has 0 spiro atoms. The second-order valence-corrected chi connectivity index (χ2v) is 6.07. The van der Waals surface area contributed by atoms with Crippen LogP contribution in [0.1, 0.15) is 12.5 Å². The molecule has 0 unspecified atom stereocenters. The molecule has 0 atom stereocenters. The molecular weight excluding hydrogens is 320 g/mol. The number of hydrogen-bond donors (Lipinski definition) is 0. The maximum atomic E-state index is 12.4. The highest BCUT2D eigenvalue weighted by Crippen LogP contribution is 2.38. The summed E-state index contributed by atoms with van der Waals surface area (Å²) < 4.78 is 11.0. The summed E-state index contributed by atoms with van der Waals surface area (Å²) in [6.45, 7) is 4.81. The number of nitrogens with zero attached hydrogens (tertiary/aromatic N) is 2. The molecule has 2 aliphatic rings. The molecule has 0 bridgehead atoms. The molecule has 0 aliphatic carbocycles. The second-order valence-electron chi connectivity index (χ2n) is 5.67. The minimum Gasteiger partial charge on any atom is -0.486 e. The molecule has 1 aromatic rings. The van der Waals surface area contributed by atoms with Gasteiger partial charge in [0.15, 0.2) is 11.5 Å². The Morgan fingerprint density at radius 1 is 1.09 bits per heavy atom. The van der Waals surface area contributed by atoms with Crippen LogP contribution in [0.25, 0.3) is 0 Å². The van der Waals surface area contributed by atoms with Crippen molar-refractivity contribution < 1.29 is 19.1 Å². The van der Waals surface area contributed by atoms with Crippen LogP contribution in [-0.2, 0) is 16.0 Å². The fourth-order valence-electron chi connectivity index (χ4n) is 2.82. The summed E-state index contributed by atoms with van der Waals surface area (Å²) in [5.74, 6) is 1.22. The zero-order valence-corrected chi connectivity index (χ0v) is 13.8. The first-order valence-corrected chi connectivity index (χ1v) is 8.03. The monoisotopic (exact) mass is 338 g/mol. The highest BCUT2D eigenvalue weighted by atomic mass is 35.5. The Labute approximate surface area is 139 Å². The quantitative estimate of drug-likeness (QED) is 0.816. The van der Waals surface area contributed by atoms with Crippen molar-refractivity contribution >= 4 is 23.4 Å². The standard InChI is InChI=1S/C16H19ClN2O4/c1-11(20)18-2-4-19(5-3-18)15(21)10-12-8-13(17)16-14(9-12)22-6-7-23-16/h8-9H,2-7,10H2,1H3. The third kappa shape index (κ3) is 3.52. The summed E-state index contributed by atoms with van der Waals surface area (Å²) in [6, 6.07) is 3.56. The third-order valence-electron chi connectivity index (χ3n) is 4.09. The van der Waals surface area contributed by atoms with Crippen molar-refractivity contribution in [1.82, 2.24) is 9.80 Å². The van der Waals surface area contributed by atoms with Gasteiger partial charge in [-0.25, -0.2) is 0 Å². The maximum Gasteiger partial charge on any atom is 0.227 e. The van der Waals surface area contributed by atoms with Crippen molar-refractivity contribution in [3.8, 4) is 11.5 Å². The zero-order chi connectivity index (χ0) is 16.4. The molecule has 23 heavy (non-hydrogen) atoms. The van der Waals surface area contributed by atoms with E-state index in [4.69, 9.17) is 21.1 Å². The number of benzene rings is 1. The zero-order valence-electron chi connectivity index (χ0n) is 13.0. The van der Waals surface area contributed by atoms with E-state index in [0.717, 1.165) is 5.56 Å². The summed E-state index contributed by atoms with van der Waals surface area (Å²) in [5.41, 5.74) is 0.804. The van der Waals surface area contributed by atoms with Gasteiger partial charge in [-0.3, -0.25) is 9.59 Å². The van der Waals surface area contributed by atoms with E-state index in [9.17, 15) is 9.59 Å². The summed E-state index contributed by atoms with van der Waals surface area (Å²) in [5, 5.41) is 0.464. The van der Waals surface area contributed by atoms with Crippen LogP contribution in [0, 0.1) is 0 Å². The summed E-state index contributed by atoms with van der Waals surface area (Å²) >= 11 is 6.20. The minimum atomic E-state index is 0.0287. The van der Waals surface area contributed by atoms with Crippen molar-refractivity contribution in [2.45, 2.75) is 13.3 Å². The highest BCUT2D eigenvalue weighted by Gasteiger charge is 2.23. The smallest absolute Gasteiger partial charge is 0.227 e. The van der Waals surface area contributed by atoms with E-state index in [2.05, 4.69) is 0 Å². The summed E-state index contributed by atoms with van der Waals surface area (Å²) in [4.78, 5) is 27.3. The van der Waals surface area contributed by atoms with Crippen LogP contribution in [0.2, 0.25) is 5.02 Å². The number of carbonyl (C=O) groups excluding carboxylic acids is 2. The number of piperazine rings is 1. The van der Waals surface area contributed by atoms with Gasteiger partial charge in [-0.05, 0) is 17.7 Å². The number of halogens is 1. The van der Waals surface area contributed by atoms with Gasteiger partial charge in [0.05, 0.1) is 11.4 Å². The van der Waals surface area contributed by atoms with Crippen molar-refractivity contribution in [3.05, 3.63) is 22.7 Å². The fourth-order valence-corrected chi connectivity index (χ4v) is 3.11. The average Bonchev–Trinajstić information content (AvgIpc) is 2.55. The van der Waals surface area contributed by atoms with Gasteiger partial charge in [0.25, 0.3) is 0 Å². The molecule has 1 saturated heterocycles. The fraction of sp³-hybridized carbons (Fsp3) is 0.500. The predicted molar refractivity (Wildman–Crippen MR) is 85.0 cm³/mol. The molecule has 0 radical (unpaired) electrons. The molecule has 2 aliphatic heterocycles. The number of ether oxygens (including phenoxy) is 2. The minimum absolute atomic E-state index is 0.0287. The molecule has 7 heteroatoms. The van der Waals surface area contributed by atoms with Gasteiger partial charge >= 0.3 is 0 Å². The van der Waals surface area contributed by atoms with Crippen LogP contribution >= 0.6 is 11.6 Å². The lowest BCUT2D eigenvalue weighted by Crippen LogP contribution is -2.50. The molecule has 1 aromatic carbocycles. The predicted octanol–water partition coefficient (Wildman–Crippen LogP) is 1.34. The molecule has 0 aromatic heterocycles. The normalized spacial score (nSPS) is 17.1. The van der Waals surface area contributed by atoms with E-state index in [1.807, 2.05) is 6.07 Å². The molecule has 0 N–H and O–H groups in total. The largest absolute Gasteiger partial charge is 0.486 e. The molecule has 1 fully saturated rings. The Kier molecular flexibility index (Phi) is 4.61.